The highest BCUT2D eigenvalue weighted by atomic mass is 16.2. The van der Waals surface area contributed by atoms with Crippen molar-refractivity contribution >= 4 is 18.1 Å². The largest absolute Gasteiger partial charge is 0.366 e. The number of nitrogens with one attached hydrogen (secondary N) is 1. The minimum Gasteiger partial charge on any atom is -0.366 e. The second-order valence-corrected chi connectivity index (χ2v) is 5.98. The molecule has 0 bridgehead atoms. The van der Waals surface area contributed by atoms with E-state index in [1.54, 1.807) is 13.8 Å². The van der Waals surface area contributed by atoms with Crippen LogP contribution < -0.4 is 11.1 Å². The number of ketones is 1. The Labute approximate surface area is 155 Å². The van der Waals surface area contributed by atoms with Crippen LogP contribution in [0.5, 0.6) is 0 Å². The third kappa shape index (κ3) is 7.06. The second-order valence-electron chi connectivity index (χ2n) is 5.98. The normalized spacial score (nSPS) is 16.9. The Morgan fingerprint density at radius 2 is 2.08 bits per heavy atom. The molecule has 142 valence electrons. The van der Waals surface area contributed by atoms with Gasteiger partial charge >= 0.3 is 0 Å². The lowest BCUT2D eigenvalue weighted by atomic mass is 9.87. The van der Waals surface area contributed by atoms with E-state index in [9.17, 15) is 14.4 Å². The molecule has 0 saturated carbocycles. The first kappa shape index (κ1) is 23.3. The first-order chi connectivity index (χ1) is 12.4. The maximum absolute atomic E-state index is 12.9. The number of carbonyl (C=O) groups is 3. The number of hydrogen-bond acceptors (Lipinski definition) is 4. The summed E-state index contributed by atoms with van der Waals surface area (Å²) >= 11 is 0. The molecule has 1 aliphatic rings. The van der Waals surface area contributed by atoms with Crippen LogP contribution in [-0.2, 0) is 14.4 Å². The molecule has 0 aromatic carbocycles. The van der Waals surface area contributed by atoms with Gasteiger partial charge in [-0.2, -0.15) is 5.26 Å². The third-order valence-corrected chi connectivity index (χ3v) is 3.89. The number of amides is 2. The molecule has 0 aliphatic heterocycles. The fraction of sp³-hybridized carbons (Fsp3) is 0.500. The summed E-state index contributed by atoms with van der Waals surface area (Å²) in [7, 11) is 0. The van der Waals surface area contributed by atoms with E-state index in [-0.39, 0.29) is 23.0 Å². The Kier molecular flexibility index (Phi) is 11.3. The van der Waals surface area contributed by atoms with E-state index in [1.165, 1.54) is 0 Å². The summed E-state index contributed by atoms with van der Waals surface area (Å²) in [5.41, 5.74) is 6.50. The van der Waals surface area contributed by atoms with Gasteiger partial charge in [-0.1, -0.05) is 51.5 Å². The number of allylic oxidation sites excluding steroid dienone is 5. The number of rotatable bonds is 8. The molecule has 0 fully saturated rings. The molecule has 6 heteroatoms. The van der Waals surface area contributed by atoms with Crippen LogP contribution in [0.15, 0.2) is 35.1 Å². The number of carbonyl (C=O) groups excluding carboxylic acids is 3. The quantitative estimate of drug-likeness (QED) is 0.512. The van der Waals surface area contributed by atoms with E-state index in [1.807, 2.05) is 32.1 Å². The Hall–Kier alpha value is -2.68. The zero-order valence-corrected chi connectivity index (χ0v) is 16.0. The number of nitriles is 1. The predicted molar refractivity (Wildman–Crippen MR) is 101 cm³/mol. The van der Waals surface area contributed by atoms with E-state index in [2.05, 4.69) is 11.4 Å². The highest BCUT2D eigenvalue weighted by Crippen LogP contribution is 2.27. The Morgan fingerprint density at radius 1 is 1.42 bits per heavy atom. The fourth-order valence-electron chi connectivity index (χ4n) is 2.76. The molecule has 2 amide bonds. The van der Waals surface area contributed by atoms with Crippen molar-refractivity contribution in [1.82, 2.24) is 5.32 Å². The van der Waals surface area contributed by atoms with Crippen LogP contribution in [0.25, 0.3) is 0 Å². The van der Waals surface area contributed by atoms with Crippen LogP contribution in [-0.4, -0.2) is 18.1 Å². The number of Topliss-reactive ketones (excluding diaryl/α,β-unsaturated/α-hetero) is 1. The minimum atomic E-state index is -0.716. The van der Waals surface area contributed by atoms with Crippen molar-refractivity contribution in [3.8, 4) is 6.07 Å². The lowest BCUT2D eigenvalue weighted by Crippen LogP contribution is -2.32. The molecule has 1 rings (SSSR count). The van der Waals surface area contributed by atoms with Gasteiger partial charge in [0.25, 0.3) is 0 Å². The third-order valence-electron chi connectivity index (χ3n) is 3.89. The van der Waals surface area contributed by atoms with Crippen molar-refractivity contribution < 1.29 is 14.4 Å². The van der Waals surface area contributed by atoms with Crippen molar-refractivity contribution in [3.63, 3.8) is 0 Å². The van der Waals surface area contributed by atoms with Crippen molar-refractivity contribution in [3.05, 3.63) is 35.1 Å². The molecule has 1 aliphatic carbocycles. The van der Waals surface area contributed by atoms with Crippen LogP contribution >= 0.6 is 0 Å². The molecule has 0 heterocycles. The molecule has 0 aromatic heterocycles. The number of hydrogen-bond donors (Lipinski definition) is 2. The van der Waals surface area contributed by atoms with Gasteiger partial charge < -0.3 is 11.1 Å². The van der Waals surface area contributed by atoms with Crippen LogP contribution in [0.1, 0.15) is 53.4 Å². The smallest absolute Gasteiger partial charge is 0.247 e. The highest BCUT2D eigenvalue weighted by molar-refractivity contribution is 6.07. The maximum atomic E-state index is 12.9. The Balaban J connectivity index is 0.00000301. The minimum absolute atomic E-state index is 0.0209. The average Bonchev–Trinajstić information content (AvgIpc) is 2.85. The Bertz CT molecular complexity index is 637. The van der Waals surface area contributed by atoms with E-state index >= 15 is 0 Å². The van der Waals surface area contributed by atoms with Gasteiger partial charge in [-0.15, -0.1) is 0 Å². The monoisotopic (exact) mass is 359 g/mol. The summed E-state index contributed by atoms with van der Waals surface area (Å²) < 4.78 is 0. The van der Waals surface area contributed by atoms with Gasteiger partial charge in [0.2, 0.25) is 12.3 Å². The predicted octanol–water partition coefficient (Wildman–Crippen LogP) is 2.92. The maximum Gasteiger partial charge on any atom is 0.247 e. The van der Waals surface area contributed by atoms with E-state index in [4.69, 9.17) is 11.0 Å². The van der Waals surface area contributed by atoms with Crippen molar-refractivity contribution in [2.24, 2.45) is 17.6 Å². The molecule has 6 nitrogen and oxygen atoms in total. The van der Waals surface area contributed by atoms with Gasteiger partial charge in [0.1, 0.15) is 0 Å². The van der Waals surface area contributed by atoms with Crippen molar-refractivity contribution in [2.75, 3.05) is 0 Å². The average molecular weight is 359 g/mol. The summed E-state index contributed by atoms with van der Waals surface area (Å²) in [6.07, 6.45) is 8.01. The molecule has 26 heavy (non-hydrogen) atoms. The van der Waals surface area contributed by atoms with Crippen LogP contribution in [0.4, 0.5) is 0 Å². The molecule has 0 aromatic rings. The summed E-state index contributed by atoms with van der Waals surface area (Å²) in [4.78, 5) is 35.5. The summed E-state index contributed by atoms with van der Waals surface area (Å²) in [5, 5.41) is 11.1. The molecular weight excluding hydrogens is 330 g/mol. The molecular formula is C20H29N3O3. The molecule has 1 unspecified atom stereocenters. The molecule has 1 atom stereocenters. The van der Waals surface area contributed by atoms with E-state index in [0.717, 1.165) is 5.57 Å². The molecule has 0 saturated heterocycles. The molecule has 3 N–H and O–H groups in total. The lowest BCUT2D eigenvalue weighted by Gasteiger charge is -2.19. The standard InChI is InChI=1S/C18H23N3O3.C2H6/c1-12(2)15(18(20)24)16(21-11-22)17(23)14-8-4-3-6-13(10-14)7-5-9-19;1-2/h3-4,6,11-12,14H,5,7-8,10H2,1-2H3,(H2,20,24)(H,21,22);1-2H3/b16-15-;. The molecule has 0 spiro atoms. The van der Waals surface area contributed by atoms with Crippen LogP contribution in [0, 0.1) is 23.2 Å². The first-order valence-corrected chi connectivity index (χ1v) is 8.92. The highest BCUT2D eigenvalue weighted by Gasteiger charge is 2.28. The molecule has 0 radical (unpaired) electrons. The van der Waals surface area contributed by atoms with Gasteiger partial charge in [0.05, 0.1) is 11.8 Å². The van der Waals surface area contributed by atoms with Gasteiger partial charge in [-0.25, -0.2) is 0 Å². The SMILES string of the molecule is CC.CC(C)/C(C(N)=O)=C(/NC=O)C(=O)C1CC=CC=C(CCC#N)C1. The number of primary amides is 1. The van der Waals surface area contributed by atoms with Gasteiger partial charge in [-0.3, -0.25) is 14.4 Å². The van der Waals surface area contributed by atoms with Gasteiger partial charge in [-0.05, 0) is 25.2 Å². The van der Waals surface area contributed by atoms with Crippen LogP contribution in [0.2, 0.25) is 0 Å². The van der Waals surface area contributed by atoms with Crippen LogP contribution in [0.3, 0.4) is 0 Å². The zero-order chi connectivity index (χ0) is 20.1. The van der Waals surface area contributed by atoms with E-state index in [0.29, 0.717) is 32.1 Å². The number of nitrogens with zero attached hydrogens (tertiary/aromatic N) is 1. The zero-order valence-electron chi connectivity index (χ0n) is 16.0. The second kappa shape index (κ2) is 12.6. The van der Waals surface area contributed by atoms with Crippen molar-refractivity contribution in [1.29, 1.82) is 5.26 Å². The topological polar surface area (TPSA) is 113 Å². The fourth-order valence-corrected chi connectivity index (χ4v) is 2.76. The Morgan fingerprint density at radius 3 is 2.58 bits per heavy atom. The first-order valence-electron chi connectivity index (χ1n) is 8.92. The van der Waals surface area contributed by atoms with Gasteiger partial charge in [0, 0.05) is 17.9 Å². The summed E-state index contributed by atoms with van der Waals surface area (Å²) in [6.45, 7) is 7.48. The van der Waals surface area contributed by atoms with Gasteiger partial charge in [0.15, 0.2) is 5.78 Å². The number of nitrogens with two attached hydrogens (primary N) is 1. The van der Waals surface area contributed by atoms with E-state index < -0.39 is 11.8 Å². The van der Waals surface area contributed by atoms with Crippen molar-refractivity contribution in [2.45, 2.75) is 53.4 Å². The summed E-state index contributed by atoms with van der Waals surface area (Å²) in [5.74, 6) is -1.71. The lowest BCUT2D eigenvalue weighted by molar-refractivity contribution is -0.122. The summed E-state index contributed by atoms with van der Waals surface area (Å²) in [6, 6.07) is 2.09.